The van der Waals surface area contributed by atoms with Crippen LogP contribution in [0.3, 0.4) is 0 Å². The molecule has 0 radical (unpaired) electrons. The van der Waals surface area contributed by atoms with E-state index in [1.54, 1.807) is 19.2 Å². The summed E-state index contributed by atoms with van der Waals surface area (Å²) in [5.74, 6) is 1.30. The predicted molar refractivity (Wildman–Crippen MR) is 122 cm³/mol. The summed E-state index contributed by atoms with van der Waals surface area (Å²) in [6.45, 7) is 9.16. The van der Waals surface area contributed by atoms with Gasteiger partial charge in [-0.05, 0) is 45.4 Å². The van der Waals surface area contributed by atoms with E-state index in [2.05, 4.69) is 20.9 Å². The highest BCUT2D eigenvalue weighted by molar-refractivity contribution is 14.0. The molecule has 0 heterocycles. The lowest BCUT2D eigenvalue weighted by molar-refractivity contribution is 0.0529. The highest BCUT2D eigenvalue weighted by Crippen LogP contribution is 2.17. The molecule has 9 heteroatoms. The van der Waals surface area contributed by atoms with Crippen molar-refractivity contribution in [2.24, 2.45) is 4.99 Å². The second-order valence-electron chi connectivity index (χ2n) is 6.86. The first-order valence-electron chi connectivity index (χ1n) is 9.06. The number of aliphatic imine (C=N–C) groups is 1. The third-order valence-corrected chi connectivity index (χ3v) is 3.35. The van der Waals surface area contributed by atoms with Gasteiger partial charge in [-0.3, -0.25) is 4.99 Å². The average molecular weight is 508 g/mol. The number of alkyl carbamates (subject to hydrolysis) is 1. The Morgan fingerprint density at radius 2 is 1.75 bits per heavy atom. The lowest BCUT2D eigenvalue weighted by Crippen LogP contribution is -2.42. The number of aliphatic hydroxyl groups is 1. The van der Waals surface area contributed by atoms with Crippen molar-refractivity contribution in [3.63, 3.8) is 0 Å². The second-order valence-corrected chi connectivity index (χ2v) is 6.86. The van der Waals surface area contributed by atoms with E-state index in [1.807, 2.05) is 39.8 Å². The van der Waals surface area contributed by atoms with Crippen LogP contribution >= 0.6 is 24.0 Å². The maximum atomic E-state index is 11.6. The topological polar surface area (TPSA) is 104 Å². The van der Waals surface area contributed by atoms with Crippen molar-refractivity contribution in [2.45, 2.75) is 39.4 Å². The molecule has 0 aliphatic carbocycles. The number of amides is 1. The maximum absolute atomic E-state index is 11.6. The Morgan fingerprint density at radius 3 is 2.29 bits per heavy atom. The highest BCUT2D eigenvalue weighted by atomic mass is 127. The predicted octanol–water partition coefficient (Wildman–Crippen LogP) is 2.43. The molecule has 1 aromatic carbocycles. The molecular formula is C19H33IN4O4. The number of aliphatic hydroxyl groups excluding tert-OH is 1. The summed E-state index contributed by atoms with van der Waals surface area (Å²) in [5, 5.41) is 19.1. The van der Waals surface area contributed by atoms with E-state index < -0.39 is 17.8 Å². The van der Waals surface area contributed by atoms with Crippen LogP contribution in [-0.2, 0) is 4.74 Å². The van der Waals surface area contributed by atoms with Crippen molar-refractivity contribution >= 4 is 36.0 Å². The van der Waals surface area contributed by atoms with Gasteiger partial charge in [-0.1, -0.05) is 12.1 Å². The van der Waals surface area contributed by atoms with Crippen LogP contribution in [0.1, 0.15) is 39.4 Å². The zero-order valence-corrected chi connectivity index (χ0v) is 19.6. The number of benzene rings is 1. The second kappa shape index (κ2) is 13.4. The summed E-state index contributed by atoms with van der Waals surface area (Å²) in [5.41, 5.74) is 0.243. The molecule has 0 spiro atoms. The molecule has 0 saturated heterocycles. The molecule has 28 heavy (non-hydrogen) atoms. The average Bonchev–Trinajstić information content (AvgIpc) is 2.61. The standard InChI is InChI=1S/C19H32N4O4.HI/c1-6-20-17(21-11-12-22-18(25)27-19(2,3)4)23-13-16(24)14-7-9-15(26-5)10-8-14;/h7-10,16,24H,6,11-13H2,1-5H3,(H,22,25)(H2,20,21,23);1H. The molecular weight excluding hydrogens is 475 g/mol. The van der Waals surface area contributed by atoms with Gasteiger partial charge in [0.15, 0.2) is 5.96 Å². The Morgan fingerprint density at radius 1 is 1.14 bits per heavy atom. The van der Waals surface area contributed by atoms with E-state index in [0.717, 1.165) is 11.3 Å². The maximum Gasteiger partial charge on any atom is 0.407 e. The van der Waals surface area contributed by atoms with Gasteiger partial charge in [0.2, 0.25) is 0 Å². The third kappa shape index (κ3) is 11.2. The van der Waals surface area contributed by atoms with Crippen LogP contribution in [0, 0.1) is 0 Å². The zero-order valence-electron chi connectivity index (χ0n) is 17.2. The van der Waals surface area contributed by atoms with Crippen molar-refractivity contribution < 1.29 is 19.4 Å². The minimum atomic E-state index is -0.716. The summed E-state index contributed by atoms with van der Waals surface area (Å²) in [7, 11) is 1.60. The molecule has 160 valence electrons. The molecule has 4 N–H and O–H groups in total. The first kappa shape index (κ1) is 26.2. The highest BCUT2D eigenvalue weighted by Gasteiger charge is 2.15. The van der Waals surface area contributed by atoms with E-state index >= 15 is 0 Å². The number of hydrogen-bond donors (Lipinski definition) is 4. The van der Waals surface area contributed by atoms with Crippen molar-refractivity contribution in [1.29, 1.82) is 0 Å². The van der Waals surface area contributed by atoms with Gasteiger partial charge in [-0.15, -0.1) is 24.0 Å². The van der Waals surface area contributed by atoms with Crippen molar-refractivity contribution in [1.82, 2.24) is 16.0 Å². The first-order chi connectivity index (χ1) is 12.7. The van der Waals surface area contributed by atoms with Gasteiger partial charge in [0, 0.05) is 19.6 Å². The van der Waals surface area contributed by atoms with Crippen LogP contribution in [0.4, 0.5) is 4.79 Å². The lowest BCUT2D eigenvalue weighted by Gasteiger charge is -2.20. The first-order valence-corrected chi connectivity index (χ1v) is 9.06. The van der Waals surface area contributed by atoms with Gasteiger partial charge < -0.3 is 30.5 Å². The minimum absolute atomic E-state index is 0. The fourth-order valence-electron chi connectivity index (χ4n) is 2.11. The van der Waals surface area contributed by atoms with Gasteiger partial charge in [0.05, 0.1) is 19.8 Å². The Kier molecular flexibility index (Phi) is 12.6. The zero-order chi connectivity index (χ0) is 20.3. The lowest BCUT2D eigenvalue weighted by atomic mass is 10.1. The molecule has 1 rings (SSSR count). The number of nitrogens with one attached hydrogen (secondary N) is 3. The number of nitrogens with zero attached hydrogens (tertiary/aromatic N) is 1. The quantitative estimate of drug-likeness (QED) is 0.186. The van der Waals surface area contributed by atoms with Gasteiger partial charge in [-0.25, -0.2) is 4.79 Å². The number of ether oxygens (including phenoxy) is 2. The number of carbonyl (C=O) groups is 1. The molecule has 0 aliphatic rings. The molecule has 0 fully saturated rings. The van der Waals surface area contributed by atoms with Crippen LogP contribution in [0.15, 0.2) is 29.3 Å². The fourth-order valence-corrected chi connectivity index (χ4v) is 2.11. The molecule has 8 nitrogen and oxygen atoms in total. The van der Waals surface area contributed by atoms with Crippen LogP contribution < -0.4 is 20.7 Å². The molecule has 1 amide bonds. The van der Waals surface area contributed by atoms with E-state index in [4.69, 9.17) is 9.47 Å². The van der Waals surface area contributed by atoms with Crippen molar-refractivity contribution in [3.8, 4) is 5.75 Å². The molecule has 1 aromatic rings. The van der Waals surface area contributed by atoms with Gasteiger partial charge >= 0.3 is 6.09 Å². The van der Waals surface area contributed by atoms with Crippen LogP contribution in [0.25, 0.3) is 0 Å². The van der Waals surface area contributed by atoms with Crippen LogP contribution in [-0.4, -0.2) is 56.0 Å². The number of guanidine groups is 1. The van der Waals surface area contributed by atoms with E-state index in [-0.39, 0.29) is 30.5 Å². The Bertz CT molecular complexity index is 603. The molecule has 0 bridgehead atoms. The van der Waals surface area contributed by atoms with Crippen molar-refractivity contribution in [3.05, 3.63) is 29.8 Å². The number of halogens is 1. The normalized spacial score (nSPS) is 12.4. The molecule has 1 unspecified atom stereocenters. The SMILES string of the molecule is CCNC(=NCC(O)c1ccc(OC)cc1)NCCNC(=O)OC(C)(C)C.I. The number of rotatable bonds is 8. The van der Waals surface area contributed by atoms with Gasteiger partial charge in [-0.2, -0.15) is 0 Å². The summed E-state index contributed by atoms with van der Waals surface area (Å²) in [6.07, 6.45) is -1.17. The number of hydrogen-bond acceptors (Lipinski definition) is 5. The molecule has 0 aromatic heterocycles. The third-order valence-electron chi connectivity index (χ3n) is 3.35. The van der Waals surface area contributed by atoms with E-state index in [9.17, 15) is 9.90 Å². The van der Waals surface area contributed by atoms with Crippen molar-refractivity contribution in [2.75, 3.05) is 33.3 Å². The Hall–Kier alpha value is -1.75. The fraction of sp³-hybridized carbons (Fsp3) is 0.579. The van der Waals surface area contributed by atoms with Gasteiger partial charge in [0.1, 0.15) is 11.4 Å². The largest absolute Gasteiger partial charge is 0.497 e. The number of methoxy groups -OCH3 is 1. The molecule has 0 aliphatic heterocycles. The van der Waals surface area contributed by atoms with Crippen LogP contribution in [0.5, 0.6) is 5.75 Å². The Balaban J connectivity index is 0.00000729. The number of carbonyl (C=O) groups excluding carboxylic acids is 1. The molecule has 1 atom stereocenters. The summed E-state index contributed by atoms with van der Waals surface area (Å²) < 4.78 is 10.3. The Labute approximate surface area is 184 Å². The molecule has 0 saturated carbocycles. The summed E-state index contributed by atoms with van der Waals surface area (Å²) in [4.78, 5) is 16.0. The van der Waals surface area contributed by atoms with Crippen LogP contribution in [0.2, 0.25) is 0 Å². The van der Waals surface area contributed by atoms with Gasteiger partial charge in [0.25, 0.3) is 0 Å². The summed E-state index contributed by atoms with van der Waals surface area (Å²) >= 11 is 0. The smallest absolute Gasteiger partial charge is 0.407 e. The monoisotopic (exact) mass is 508 g/mol. The van der Waals surface area contributed by atoms with E-state index in [0.29, 0.717) is 25.6 Å². The minimum Gasteiger partial charge on any atom is -0.497 e. The van der Waals surface area contributed by atoms with E-state index in [1.165, 1.54) is 0 Å². The summed E-state index contributed by atoms with van der Waals surface area (Å²) in [6, 6.07) is 7.22.